The molecule has 0 aliphatic carbocycles. The number of hydrogen-bond donors (Lipinski definition) is 1. The van der Waals surface area contributed by atoms with Crippen molar-refractivity contribution in [3.8, 4) is 0 Å². The average Bonchev–Trinajstić information content (AvgIpc) is 1.69. The zero-order chi connectivity index (χ0) is 5.11. The van der Waals surface area contributed by atoms with Crippen LogP contribution in [0.4, 0.5) is 0 Å². The SMILES string of the molecule is CC1=CNCC=[C]1. The van der Waals surface area contributed by atoms with Crippen molar-refractivity contribution in [1.29, 1.82) is 0 Å². The molecule has 0 saturated carbocycles. The largest absolute Gasteiger partial charge is 0.387 e. The molecule has 1 N–H and O–H groups in total. The van der Waals surface area contributed by atoms with E-state index in [2.05, 4.69) is 11.4 Å². The van der Waals surface area contributed by atoms with Gasteiger partial charge in [-0.25, -0.2) is 0 Å². The number of allylic oxidation sites excluding steroid dienone is 2. The molecular weight excluding hydrogens is 86.1 g/mol. The van der Waals surface area contributed by atoms with Gasteiger partial charge in [-0.15, -0.1) is 0 Å². The Balaban J connectivity index is 2.58. The van der Waals surface area contributed by atoms with Crippen LogP contribution in [0.3, 0.4) is 0 Å². The van der Waals surface area contributed by atoms with Crippen molar-refractivity contribution in [3.63, 3.8) is 0 Å². The molecule has 37 valence electrons. The molecule has 0 aromatic rings. The third kappa shape index (κ3) is 1.07. The molecule has 1 heterocycles. The lowest BCUT2D eigenvalue weighted by molar-refractivity contribution is 0.948. The minimum atomic E-state index is 0.928. The molecule has 1 rings (SSSR count). The van der Waals surface area contributed by atoms with Crippen LogP contribution >= 0.6 is 0 Å². The molecule has 0 fully saturated rings. The van der Waals surface area contributed by atoms with Gasteiger partial charge in [0.25, 0.3) is 0 Å². The highest BCUT2D eigenvalue weighted by molar-refractivity contribution is 5.12. The summed E-state index contributed by atoms with van der Waals surface area (Å²) in [4.78, 5) is 0. The normalized spacial score (nSPS) is 18.1. The maximum absolute atomic E-state index is 3.06. The molecule has 7 heavy (non-hydrogen) atoms. The van der Waals surface area contributed by atoms with Gasteiger partial charge in [-0.3, -0.25) is 0 Å². The minimum Gasteiger partial charge on any atom is -0.387 e. The first kappa shape index (κ1) is 4.44. The highest BCUT2D eigenvalue weighted by Gasteiger charge is 1.85. The van der Waals surface area contributed by atoms with Gasteiger partial charge in [0, 0.05) is 12.7 Å². The molecule has 0 spiro atoms. The van der Waals surface area contributed by atoms with E-state index in [9.17, 15) is 0 Å². The van der Waals surface area contributed by atoms with Gasteiger partial charge >= 0.3 is 0 Å². The highest BCUT2D eigenvalue weighted by Crippen LogP contribution is 1.93. The molecule has 0 saturated heterocycles. The zero-order valence-electron chi connectivity index (χ0n) is 4.36. The minimum absolute atomic E-state index is 0.928. The van der Waals surface area contributed by atoms with Crippen LogP contribution in [0.15, 0.2) is 17.8 Å². The van der Waals surface area contributed by atoms with Crippen LogP contribution in [0, 0.1) is 6.08 Å². The molecule has 1 aliphatic rings. The lowest BCUT2D eigenvalue weighted by Crippen LogP contribution is -2.07. The second kappa shape index (κ2) is 1.82. The van der Waals surface area contributed by atoms with Crippen LogP contribution in [0.2, 0.25) is 0 Å². The monoisotopic (exact) mass is 94.1 g/mol. The molecule has 0 amide bonds. The standard InChI is InChI=1S/C6H8N/c1-6-3-2-4-7-5-6/h2,5,7H,4H2,1H3. The first-order chi connectivity index (χ1) is 3.39. The van der Waals surface area contributed by atoms with E-state index in [0.29, 0.717) is 0 Å². The maximum atomic E-state index is 3.06. The lowest BCUT2D eigenvalue weighted by Gasteiger charge is -2.00. The Morgan fingerprint density at radius 3 is 3.00 bits per heavy atom. The fourth-order valence-corrected chi connectivity index (χ4v) is 0.525. The van der Waals surface area contributed by atoms with Crippen LogP contribution in [0.1, 0.15) is 6.92 Å². The topological polar surface area (TPSA) is 12.0 Å². The van der Waals surface area contributed by atoms with E-state index in [0.717, 1.165) is 6.54 Å². The van der Waals surface area contributed by atoms with Gasteiger partial charge < -0.3 is 5.32 Å². The van der Waals surface area contributed by atoms with Crippen LogP contribution in [0.25, 0.3) is 0 Å². The summed E-state index contributed by atoms with van der Waals surface area (Å²) in [5, 5.41) is 3.05. The van der Waals surface area contributed by atoms with Gasteiger partial charge in [-0.2, -0.15) is 0 Å². The molecule has 1 nitrogen and oxygen atoms in total. The molecule has 0 aromatic carbocycles. The molecular formula is C6H8N. The summed E-state index contributed by atoms with van der Waals surface area (Å²) in [5.41, 5.74) is 1.17. The molecule has 0 atom stereocenters. The van der Waals surface area contributed by atoms with Crippen molar-refractivity contribution in [2.45, 2.75) is 6.92 Å². The van der Waals surface area contributed by atoms with E-state index in [1.165, 1.54) is 5.57 Å². The fourth-order valence-electron chi connectivity index (χ4n) is 0.525. The quantitative estimate of drug-likeness (QED) is 0.469. The van der Waals surface area contributed by atoms with E-state index in [1.807, 2.05) is 19.2 Å². The van der Waals surface area contributed by atoms with E-state index < -0.39 is 0 Å². The Labute approximate surface area is 43.7 Å². The van der Waals surface area contributed by atoms with Crippen molar-refractivity contribution in [2.24, 2.45) is 0 Å². The van der Waals surface area contributed by atoms with E-state index >= 15 is 0 Å². The van der Waals surface area contributed by atoms with E-state index in [1.54, 1.807) is 0 Å². The fraction of sp³-hybridized carbons (Fsp3) is 0.333. The van der Waals surface area contributed by atoms with Crippen LogP contribution in [-0.2, 0) is 0 Å². The predicted molar refractivity (Wildman–Crippen MR) is 29.6 cm³/mol. The van der Waals surface area contributed by atoms with E-state index in [4.69, 9.17) is 0 Å². The summed E-state index contributed by atoms with van der Waals surface area (Å²) in [6.45, 7) is 2.94. The second-order valence-electron chi connectivity index (χ2n) is 1.58. The summed E-state index contributed by atoms with van der Waals surface area (Å²) in [7, 11) is 0. The third-order valence-electron chi connectivity index (χ3n) is 0.868. The number of hydrogen-bond acceptors (Lipinski definition) is 1. The highest BCUT2D eigenvalue weighted by atomic mass is 14.8. The second-order valence-corrected chi connectivity index (χ2v) is 1.58. The number of dihydropyridines is 1. The third-order valence-corrected chi connectivity index (χ3v) is 0.868. The molecule has 1 radical (unpaired) electrons. The van der Waals surface area contributed by atoms with E-state index in [-0.39, 0.29) is 0 Å². The molecule has 1 heteroatoms. The van der Waals surface area contributed by atoms with Crippen LogP contribution in [-0.4, -0.2) is 6.54 Å². The number of nitrogens with one attached hydrogen (secondary N) is 1. The number of rotatable bonds is 0. The molecule has 1 aliphatic heterocycles. The van der Waals surface area contributed by atoms with Crippen molar-refractivity contribution in [1.82, 2.24) is 5.32 Å². The Bertz CT molecular complexity index is 111. The Morgan fingerprint density at radius 1 is 1.86 bits per heavy atom. The molecule has 0 aromatic heterocycles. The summed E-state index contributed by atoms with van der Waals surface area (Å²) in [6, 6.07) is 0. The van der Waals surface area contributed by atoms with Crippen molar-refractivity contribution in [3.05, 3.63) is 23.9 Å². The Kier molecular flexibility index (Phi) is 1.16. The smallest absolute Gasteiger partial charge is 0.0334 e. The maximum Gasteiger partial charge on any atom is 0.0334 e. The summed E-state index contributed by atoms with van der Waals surface area (Å²) in [6.07, 6.45) is 7.00. The summed E-state index contributed by atoms with van der Waals surface area (Å²) < 4.78 is 0. The lowest BCUT2D eigenvalue weighted by atomic mass is 10.2. The van der Waals surface area contributed by atoms with Gasteiger partial charge in [0.1, 0.15) is 0 Å². The first-order valence-electron chi connectivity index (χ1n) is 2.38. The van der Waals surface area contributed by atoms with Crippen molar-refractivity contribution >= 4 is 0 Å². The molecule has 0 unspecified atom stereocenters. The van der Waals surface area contributed by atoms with Crippen molar-refractivity contribution in [2.75, 3.05) is 6.54 Å². The zero-order valence-corrected chi connectivity index (χ0v) is 4.36. The molecule has 0 bridgehead atoms. The van der Waals surface area contributed by atoms with Gasteiger partial charge in [-0.1, -0.05) is 6.08 Å². The summed E-state index contributed by atoms with van der Waals surface area (Å²) in [5.74, 6) is 0. The van der Waals surface area contributed by atoms with Crippen molar-refractivity contribution < 1.29 is 0 Å². The van der Waals surface area contributed by atoms with Gasteiger partial charge in [0.2, 0.25) is 0 Å². The first-order valence-corrected chi connectivity index (χ1v) is 2.38. The van der Waals surface area contributed by atoms with Crippen LogP contribution < -0.4 is 5.32 Å². The van der Waals surface area contributed by atoms with Gasteiger partial charge in [0.05, 0.1) is 0 Å². The average molecular weight is 94.1 g/mol. The summed E-state index contributed by atoms with van der Waals surface area (Å²) >= 11 is 0. The van der Waals surface area contributed by atoms with Gasteiger partial charge in [-0.05, 0) is 18.6 Å². The Hall–Kier alpha value is -0.720. The van der Waals surface area contributed by atoms with Crippen LogP contribution in [0.5, 0.6) is 0 Å². The van der Waals surface area contributed by atoms with Gasteiger partial charge in [0.15, 0.2) is 0 Å². The Morgan fingerprint density at radius 2 is 2.71 bits per heavy atom. The predicted octanol–water partition coefficient (Wildman–Crippen LogP) is 0.853.